The fourth-order valence-electron chi connectivity index (χ4n) is 3.97. The third kappa shape index (κ3) is 4.16. The van der Waals surface area contributed by atoms with E-state index < -0.39 is 0 Å². The number of hydrogen-bond donors (Lipinski definition) is 1. The second-order valence-electron chi connectivity index (χ2n) is 7.93. The number of rotatable bonds is 6. The van der Waals surface area contributed by atoms with Gasteiger partial charge in [0.15, 0.2) is 5.16 Å². The summed E-state index contributed by atoms with van der Waals surface area (Å²) in [5, 5.41) is 4.18. The van der Waals surface area contributed by atoms with Crippen LogP contribution < -0.4 is 10.9 Å². The summed E-state index contributed by atoms with van der Waals surface area (Å²) in [5.41, 5.74) is 2.95. The van der Waals surface area contributed by atoms with Crippen molar-refractivity contribution in [3.05, 3.63) is 64.4 Å². The van der Waals surface area contributed by atoms with Crippen molar-refractivity contribution in [3.63, 3.8) is 0 Å². The van der Waals surface area contributed by atoms with Crippen molar-refractivity contribution in [1.82, 2.24) is 9.55 Å². The van der Waals surface area contributed by atoms with Gasteiger partial charge in [-0.3, -0.25) is 14.2 Å². The van der Waals surface area contributed by atoms with Crippen molar-refractivity contribution in [1.29, 1.82) is 0 Å². The number of fused-ring (bicyclic) bond motifs is 3. The number of furan rings is 1. The Morgan fingerprint density at radius 1 is 1.25 bits per heavy atom. The molecule has 5 rings (SSSR count). The van der Waals surface area contributed by atoms with Crippen molar-refractivity contribution in [2.75, 3.05) is 17.7 Å². The van der Waals surface area contributed by atoms with Gasteiger partial charge in [-0.2, -0.15) is 0 Å². The predicted octanol–water partition coefficient (Wildman–Crippen LogP) is 4.36. The number of hydrogen-bond acceptors (Lipinski definition) is 6. The third-order valence-electron chi connectivity index (χ3n) is 5.49. The van der Waals surface area contributed by atoms with E-state index >= 15 is 0 Å². The smallest absolute Gasteiger partial charge is 0.297 e. The van der Waals surface area contributed by atoms with Gasteiger partial charge in [0.1, 0.15) is 11.1 Å². The van der Waals surface area contributed by atoms with E-state index in [4.69, 9.17) is 14.1 Å². The maximum absolute atomic E-state index is 13.3. The van der Waals surface area contributed by atoms with Gasteiger partial charge in [0.05, 0.1) is 18.4 Å². The number of thioether (sulfide) groups is 1. The van der Waals surface area contributed by atoms with Crippen molar-refractivity contribution < 1.29 is 13.9 Å². The monoisotopic (exact) mass is 449 g/mol. The molecule has 3 heterocycles. The Morgan fingerprint density at radius 3 is 2.94 bits per heavy atom. The van der Waals surface area contributed by atoms with Crippen LogP contribution in [-0.4, -0.2) is 33.9 Å². The first-order valence-corrected chi connectivity index (χ1v) is 11.6. The van der Waals surface area contributed by atoms with Crippen LogP contribution in [0.5, 0.6) is 0 Å². The zero-order valence-corrected chi connectivity index (χ0v) is 18.5. The van der Waals surface area contributed by atoms with Crippen LogP contribution in [-0.2, 0) is 16.1 Å². The molecule has 1 aliphatic heterocycles. The average Bonchev–Trinajstić information content (AvgIpc) is 3.42. The summed E-state index contributed by atoms with van der Waals surface area (Å²) >= 11 is 1.25. The van der Waals surface area contributed by atoms with Crippen LogP contribution in [0.15, 0.2) is 62.9 Å². The normalized spacial score (nSPS) is 16.1. The molecule has 0 spiro atoms. The Morgan fingerprint density at radius 2 is 2.12 bits per heavy atom. The summed E-state index contributed by atoms with van der Waals surface area (Å²) < 4.78 is 13.2. The van der Waals surface area contributed by atoms with Crippen LogP contribution in [0.2, 0.25) is 0 Å². The lowest BCUT2D eigenvalue weighted by atomic mass is 10.2. The Kier molecular flexibility index (Phi) is 5.71. The number of anilines is 1. The van der Waals surface area contributed by atoms with E-state index in [0.29, 0.717) is 29.4 Å². The highest BCUT2D eigenvalue weighted by Gasteiger charge is 2.23. The molecule has 32 heavy (non-hydrogen) atoms. The van der Waals surface area contributed by atoms with Gasteiger partial charge in [-0.15, -0.1) is 0 Å². The quantitative estimate of drug-likeness (QED) is 0.348. The molecule has 1 saturated heterocycles. The largest absolute Gasteiger partial charge is 0.448 e. The second-order valence-corrected chi connectivity index (χ2v) is 8.87. The fraction of sp³-hybridized carbons (Fsp3) is 0.292. The predicted molar refractivity (Wildman–Crippen MR) is 125 cm³/mol. The van der Waals surface area contributed by atoms with Crippen molar-refractivity contribution in [2.45, 2.75) is 37.6 Å². The zero-order valence-electron chi connectivity index (χ0n) is 17.7. The van der Waals surface area contributed by atoms with Crippen LogP contribution in [0.4, 0.5) is 5.69 Å². The summed E-state index contributed by atoms with van der Waals surface area (Å²) in [5.74, 6) is -0.0247. The Balaban J connectivity index is 1.47. The molecule has 7 nitrogen and oxygen atoms in total. The molecule has 1 atom stereocenters. The number of carbonyl (C=O) groups excluding carboxylic acids is 1. The lowest BCUT2D eigenvalue weighted by molar-refractivity contribution is -0.113. The Hall–Kier alpha value is -3.10. The van der Waals surface area contributed by atoms with Gasteiger partial charge in [0.2, 0.25) is 11.5 Å². The van der Waals surface area contributed by atoms with Crippen LogP contribution in [0.25, 0.3) is 22.1 Å². The number of nitrogens with one attached hydrogen (secondary N) is 1. The fourth-order valence-corrected chi connectivity index (χ4v) is 4.77. The van der Waals surface area contributed by atoms with E-state index in [1.807, 2.05) is 55.5 Å². The average molecular weight is 450 g/mol. The van der Waals surface area contributed by atoms with E-state index in [0.717, 1.165) is 29.5 Å². The van der Waals surface area contributed by atoms with Gasteiger partial charge in [-0.05, 0) is 49.6 Å². The highest BCUT2D eigenvalue weighted by molar-refractivity contribution is 7.99. The molecule has 2 aromatic carbocycles. The van der Waals surface area contributed by atoms with Gasteiger partial charge in [-0.25, -0.2) is 4.98 Å². The number of para-hydroxylation sites is 1. The number of aromatic nitrogens is 2. The summed E-state index contributed by atoms with van der Waals surface area (Å²) in [4.78, 5) is 30.7. The first kappa shape index (κ1) is 20.8. The maximum Gasteiger partial charge on any atom is 0.297 e. The van der Waals surface area contributed by atoms with Gasteiger partial charge >= 0.3 is 0 Å². The van der Waals surface area contributed by atoms with Crippen molar-refractivity contribution in [2.24, 2.45) is 0 Å². The first-order chi connectivity index (χ1) is 15.6. The van der Waals surface area contributed by atoms with Crippen molar-refractivity contribution >= 4 is 45.4 Å². The summed E-state index contributed by atoms with van der Waals surface area (Å²) in [7, 11) is 0. The van der Waals surface area contributed by atoms with E-state index in [2.05, 4.69) is 5.32 Å². The molecule has 1 amide bonds. The van der Waals surface area contributed by atoms with E-state index in [1.54, 1.807) is 4.57 Å². The molecule has 0 unspecified atom stereocenters. The first-order valence-electron chi connectivity index (χ1n) is 10.6. The molecule has 0 saturated carbocycles. The molecule has 1 fully saturated rings. The van der Waals surface area contributed by atoms with E-state index in [-0.39, 0.29) is 28.9 Å². The molecular weight excluding hydrogens is 426 g/mol. The molecule has 0 bridgehead atoms. The standard InChI is InChI=1S/C24H23N3O4S/c1-15-6-4-7-16(12-15)25-20(28)14-32-24-26-21-18-9-2-3-10-19(18)31-22(21)23(29)27(24)13-17-8-5-11-30-17/h2-4,6-7,9-10,12,17H,5,8,11,13-14H2,1H3,(H,25,28)/t17-/m0/s1. The number of nitrogens with zero attached hydrogens (tertiary/aromatic N) is 2. The van der Waals surface area contributed by atoms with Crippen LogP contribution in [0.1, 0.15) is 18.4 Å². The van der Waals surface area contributed by atoms with Crippen molar-refractivity contribution in [3.8, 4) is 0 Å². The van der Waals surface area contributed by atoms with E-state index in [1.165, 1.54) is 11.8 Å². The van der Waals surface area contributed by atoms with Gasteiger partial charge in [-0.1, -0.05) is 36.0 Å². The minimum absolute atomic E-state index is 0.0446. The Bertz CT molecular complexity index is 1350. The van der Waals surface area contributed by atoms with Gasteiger partial charge in [0.25, 0.3) is 5.56 Å². The minimum Gasteiger partial charge on any atom is -0.448 e. The van der Waals surface area contributed by atoms with Gasteiger partial charge < -0.3 is 14.5 Å². The zero-order chi connectivity index (χ0) is 22.1. The van der Waals surface area contributed by atoms with Gasteiger partial charge in [0, 0.05) is 17.7 Å². The number of benzene rings is 2. The molecule has 4 aromatic rings. The maximum atomic E-state index is 13.3. The summed E-state index contributed by atoms with van der Waals surface area (Å²) in [6, 6.07) is 15.1. The number of ether oxygens (including phenoxy) is 1. The molecule has 8 heteroatoms. The van der Waals surface area contributed by atoms with Crippen LogP contribution in [0.3, 0.4) is 0 Å². The van der Waals surface area contributed by atoms with E-state index in [9.17, 15) is 9.59 Å². The number of amides is 1. The number of carbonyl (C=O) groups is 1. The Labute approximate surface area is 188 Å². The SMILES string of the molecule is Cc1cccc(NC(=O)CSc2nc3c(oc4ccccc43)c(=O)n2C[C@@H]2CCCO2)c1. The molecular formula is C24H23N3O4S. The lowest BCUT2D eigenvalue weighted by Gasteiger charge is -2.15. The minimum atomic E-state index is -0.247. The molecule has 1 aliphatic rings. The molecule has 2 aromatic heterocycles. The third-order valence-corrected chi connectivity index (χ3v) is 6.47. The van der Waals surface area contributed by atoms with Crippen LogP contribution >= 0.6 is 11.8 Å². The summed E-state index contributed by atoms with van der Waals surface area (Å²) in [6.45, 7) is 3.06. The summed E-state index contributed by atoms with van der Waals surface area (Å²) in [6.07, 6.45) is 1.82. The molecule has 0 radical (unpaired) electrons. The lowest BCUT2D eigenvalue weighted by Crippen LogP contribution is -2.29. The molecule has 1 N–H and O–H groups in total. The topological polar surface area (TPSA) is 86.4 Å². The molecule has 0 aliphatic carbocycles. The highest BCUT2D eigenvalue weighted by Crippen LogP contribution is 2.28. The second kappa shape index (κ2) is 8.80. The van der Waals surface area contributed by atoms with Crippen LogP contribution in [0, 0.1) is 6.92 Å². The number of aryl methyl sites for hydroxylation is 1. The molecule has 164 valence electrons. The highest BCUT2D eigenvalue weighted by atomic mass is 32.2.